The molecular formula is C16H12F5N3O. The van der Waals surface area contributed by atoms with E-state index in [9.17, 15) is 26.7 Å². The van der Waals surface area contributed by atoms with Gasteiger partial charge >= 0.3 is 0 Å². The lowest BCUT2D eigenvalue weighted by Gasteiger charge is -2.06. The number of nitrogens with zero attached hydrogens (tertiary/aromatic N) is 1. The van der Waals surface area contributed by atoms with Crippen molar-refractivity contribution in [1.82, 2.24) is 5.43 Å². The summed E-state index contributed by atoms with van der Waals surface area (Å²) in [5, 5.41) is 5.97. The van der Waals surface area contributed by atoms with Crippen LogP contribution in [0.2, 0.25) is 0 Å². The Morgan fingerprint density at radius 2 is 1.48 bits per heavy atom. The van der Waals surface area contributed by atoms with E-state index in [1.807, 2.05) is 24.5 Å². The molecule has 2 N–H and O–H groups in total. The van der Waals surface area contributed by atoms with Gasteiger partial charge in [0.25, 0.3) is 5.91 Å². The van der Waals surface area contributed by atoms with Gasteiger partial charge in [0.05, 0.1) is 18.3 Å². The summed E-state index contributed by atoms with van der Waals surface area (Å²) in [6, 6.07) is 7.12. The molecule has 2 aromatic rings. The Hall–Kier alpha value is -2.97. The molecule has 0 aliphatic heterocycles. The molecule has 4 nitrogen and oxygen atoms in total. The van der Waals surface area contributed by atoms with Gasteiger partial charge in [0, 0.05) is 5.69 Å². The molecule has 25 heavy (non-hydrogen) atoms. The van der Waals surface area contributed by atoms with Crippen molar-refractivity contribution in [2.75, 3.05) is 11.9 Å². The minimum absolute atomic E-state index is 0.211. The average Bonchev–Trinajstić information content (AvgIpc) is 2.60. The monoisotopic (exact) mass is 357 g/mol. The second-order valence-electron chi connectivity index (χ2n) is 5.00. The molecule has 0 aliphatic carbocycles. The molecule has 0 saturated carbocycles. The molecule has 0 spiro atoms. The number of nitrogens with one attached hydrogen (secondary N) is 2. The molecule has 0 fully saturated rings. The molecule has 2 rings (SSSR count). The SMILES string of the molecule is Cc1ccc(NCC(=O)N/N=C\c2c(F)c(F)c(F)c(F)c2F)cc1. The van der Waals surface area contributed by atoms with Gasteiger partial charge in [-0.3, -0.25) is 4.79 Å². The third-order valence-corrected chi connectivity index (χ3v) is 3.13. The van der Waals surface area contributed by atoms with E-state index in [0.29, 0.717) is 11.9 Å². The first-order valence-corrected chi connectivity index (χ1v) is 6.95. The summed E-state index contributed by atoms with van der Waals surface area (Å²) in [4.78, 5) is 11.5. The Bertz CT molecular complexity index is 793. The van der Waals surface area contributed by atoms with Crippen molar-refractivity contribution in [3.05, 3.63) is 64.5 Å². The van der Waals surface area contributed by atoms with Gasteiger partial charge in [-0.05, 0) is 19.1 Å². The second-order valence-corrected chi connectivity index (χ2v) is 5.00. The van der Waals surface area contributed by atoms with Gasteiger partial charge in [-0.2, -0.15) is 5.10 Å². The third kappa shape index (κ3) is 4.31. The molecule has 0 saturated heterocycles. The number of carbonyl (C=O) groups is 1. The molecule has 0 radical (unpaired) electrons. The van der Waals surface area contributed by atoms with Crippen LogP contribution in [0.5, 0.6) is 0 Å². The Morgan fingerprint density at radius 3 is 2.04 bits per heavy atom. The normalized spacial score (nSPS) is 11.0. The van der Waals surface area contributed by atoms with Crippen LogP contribution in [0.15, 0.2) is 29.4 Å². The van der Waals surface area contributed by atoms with E-state index in [0.717, 1.165) is 5.56 Å². The highest BCUT2D eigenvalue weighted by Gasteiger charge is 2.24. The predicted molar refractivity (Wildman–Crippen MR) is 81.6 cm³/mol. The summed E-state index contributed by atoms with van der Waals surface area (Å²) in [6.45, 7) is 1.68. The fourth-order valence-corrected chi connectivity index (χ4v) is 1.80. The predicted octanol–water partition coefficient (Wildman–Crippen LogP) is 3.25. The van der Waals surface area contributed by atoms with Crippen LogP contribution in [-0.2, 0) is 4.79 Å². The molecule has 1 amide bonds. The van der Waals surface area contributed by atoms with Crippen molar-refractivity contribution >= 4 is 17.8 Å². The molecule has 0 bridgehead atoms. The first kappa shape index (κ1) is 18.4. The lowest BCUT2D eigenvalue weighted by Crippen LogP contribution is -2.26. The lowest BCUT2D eigenvalue weighted by molar-refractivity contribution is -0.119. The van der Waals surface area contributed by atoms with E-state index in [4.69, 9.17) is 0 Å². The fraction of sp³-hybridized carbons (Fsp3) is 0.125. The van der Waals surface area contributed by atoms with Gasteiger partial charge in [0.15, 0.2) is 23.3 Å². The maximum atomic E-state index is 13.4. The van der Waals surface area contributed by atoms with Gasteiger partial charge < -0.3 is 5.32 Å². The van der Waals surface area contributed by atoms with E-state index >= 15 is 0 Å². The number of anilines is 1. The van der Waals surface area contributed by atoms with Crippen LogP contribution in [0, 0.1) is 36.0 Å². The quantitative estimate of drug-likeness (QED) is 0.284. The lowest BCUT2D eigenvalue weighted by atomic mass is 10.2. The minimum Gasteiger partial charge on any atom is -0.376 e. The summed E-state index contributed by atoms with van der Waals surface area (Å²) in [6.07, 6.45) is 0.347. The number of halogens is 5. The van der Waals surface area contributed by atoms with Crippen LogP contribution >= 0.6 is 0 Å². The molecule has 0 heterocycles. The van der Waals surface area contributed by atoms with Crippen LogP contribution in [0.3, 0.4) is 0 Å². The van der Waals surface area contributed by atoms with Gasteiger partial charge in [-0.1, -0.05) is 17.7 Å². The number of aryl methyl sites for hydroxylation is 1. The summed E-state index contributed by atoms with van der Waals surface area (Å²) < 4.78 is 65.7. The zero-order valence-corrected chi connectivity index (χ0v) is 12.8. The maximum Gasteiger partial charge on any atom is 0.259 e. The van der Waals surface area contributed by atoms with Crippen molar-refractivity contribution in [3.63, 3.8) is 0 Å². The summed E-state index contributed by atoms with van der Waals surface area (Å²) in [7, 11) is 0. The van der Waals surface area contributed by atoms with Crippen LogP contribution in [0.4, 0.5) is 27.6 Å². The first-order chi connectivity index (χ1) is 11.8. The highest BCUT2D eigenvalue weighted by atomic mass is 19.2. The summed E-state index contributed by atoms with van der Waals surface area (Å²) in [5.41, 5.74) is 2.36. The Morgan fingerprint density at radius 1 is 0.960 bits per heavy atom. The molecule has 0 aromatic heterocycles. The number of amides is 1. The molecule has 0 unspecified atom stereocenters. The molecular weight excluding hydrogens is 345 g/mol. The van der Waals surface area contributed by atoms with Gasteiger partial charge in [-0.15, -0.1) is 0 Å². The van der Waals surface area contributed by atoms with Crippen molar-refractivity contribution in [3.8, 4) is 0 Å². The number of hydrazone groups is 1. The highest BCUT2D eigenvalue weighted by Crippen LogP contribution is 2.21. The van der Waals surface area contributed by atoms with Crippen LogP contribution in [0.1, 0.15) is 11.1 Å². The Balaban J connectivity index is 1.99. The number of benzene rings is 2. The molecule has 0 aliphatic rings. The van der Waals surface area contributed by atoms with Gasteiger partial charge in [-0.25, -0.2) is 27.4 Å². The van der Waals surface area contributed by atoms with E-state index in [2.05, 4.69) is 10.4 Å². The second kappa shape index (κ2) is 7.73. The number of rotatable bonds is 5. The van der Waals surface area contributed by atoms with Crippen molar-refractivity contribution in [1.29, 1.82) is 0 Å². The zero-order valence-electron chi connectivity index (χ0n) is 12.8. The number of hydrogen-bond acceptors (Lipinski definition) is 3. The average molecular weight is 357 g/mol. The topological polar surface area (TPSA) is 53.5 Å². The minimum atomic E-state index is -2.27. The van der Waals surface area contributed by atoms with Crippen molar-refractivity contribution < 1.29 is 26.7 Å². The van der Waals surface area contributed by atoms with Crippen LogP contribution in [0.25, 0.3) is 0 Å². The van der Waals surface area contributed by atoms with Crippen LogP contribution in [-0.4, -0.2) is 18.7 Å². The Kier molecular flexibility index (Phi) is 5.68. The molecule has 0 atom stereocenters. The fourth-order valence-electron chi connectivity index (χ4n) is 1.80. The zero-order chi connectivity index (χ0) is 18.6. The van der Waals surface area contributed by atoms with Crippen molar-refractivity contribution in [2.45, 2.75) is 6.92 Å². The van der Waals surface area contributed by atoms with E-state index in [-0.39, 0.29) is 6.54 Å². The Labute approximate surface area is 139 Å². The third-order valence-electron chi connectivity index (χ3n) is 3.13. The van der Waals surface area contributed by atoms with Crippen LogP contribution < -0.4 is 10.7 Å². The summed E-state index contributed by atoms with van der Waals surface area (Å²) in [5.74, 6) is -11.2. The van der Waals surface area contributed by atoms with E-state index in [1.54, 1.807) is 12.1 Å². The standard InChI is InChI=1S/C16H12F5N3O/c1-8-2-4-9(5-3-8)22-7-11(25)24-23-6-10-12(17)14(19)16(21)15(20)13(10)18/h2-6,22H,7H2,1H3,(H,24,25)/b23-6-. The smallest absolute Gasteiger partial charge is 0.259 e. The molecule has 2 aromatic carbocycles. The van der Waals surface area contributed by atoms with Crippen molar-refractivity contribution in [2.24, 2.45) is 5.10 Å². The summed E-state index contributed by atoms with van der Waals surface area (Å²) >= 11 is 0. The number of carbonyl (C=O) groups excluding carboxylic acids is 1. The first-order valence-electron chi connectivity index (χ1n) is 6.95. The van der Waals surface area contributed by atoms with E-state index in [1.165, 1.54) is 0 Å². The highest BCUT2D eigenvalue weighted by molar-refractivity contribution is 5.84. The largest absolute Gasteiger partial charge is 0.376 e. The molecule has 9 heteroatoms. The van der Waals surface area contributed by atoms with E-state index < -0.39 is 40.6 Å². The maximum absolute atomic E-state index is 13.4. The van der Waals surface area contributed by atoms with Gasteiger partial charge in [0.1, 0.15) is 0 Å². The number of hydrogen-bond donors (Lipinski definition) is 2. The van der Waals surface area contributed by atoms with Gasteiger partial charge in [0.2, 0.25) is 5.82 Å². The molecule has 132 valence electrons.